The first-order valence-electron chi connectivity index (χ1n) is 6.58. The van der Waals surface area contributed by atoms with Gasteiger partial charge in [-0.1, -0.05) is 6.07 Å². The van der Waals surface area contributed by atoms with Crippen molar-refractivity contribution in [3.05, 3.63) is 30.1 Å². The monoisotopic (exact) mass is 313 g/mol. The molecule has 7 nitrogen and oxygen atoms in total. The lowest BCUT2D eigenvalue weighted by atomic mass is 10.0. The number of sulfonamides is 1. The minimum absolute atomic E-state index is 0.0138. The van der Waals surface area contributed by atoms with Crippen molar-refractivity contribution in [2.75, 3.05) is 26.0 Å². The van der Waals surface area contributed by atoms with E-state index in [1.807, 2.05) is 6.07 Å². The topological polar surface area (TPSA) is 88.6 Å². The maximum absolute atomic E-state index is 12.3. The molecule has 1 aliphatic heterocycles. The molecule has 1 atom stereocenters. The van der Waals surface area contributed by atoms with Crippen LogP contribution in [-0.2, 0) is 26.1 Å². The Morgan fingerprint density at radius 1 is 1.52 bits per heavy atom. The number of carbonyl (C=O) groups is 1. The third-order valence-electron chi connectivity index (χ3n) is 3.34. The summed E-state index contributed by atoms with van der Waals surface area (Å²) in [6.45, 7) is 2.35. The highest BCUT2D eigenvalue weighted by Crippen LogP contribution is 2.20. The second-order valence-corrected chi connectivity index (χ2v) is 7.16. The van der Waals surface area contributed by atoms with Crippen molar-refractivity contribution in [1.29, 1.82) is 0 Å². The zero-order chi connectivity index (χ0) is 15.5. The molecule has 1 N–H and O–H groups in total. The highest BCUT2D eigenvalue weighted by molar-refractivity contribution is 7.88. The van der Waals surface area contributed by atoms with E-state index in [9.17, 15) is 13.2 Å². The molecule has 1 aromatic heterocycles. The van der Waals surface area contributed by atoms with E-state index < -0.39 is 15.6 Å². The van der Waals surface area contributed by atoms with Gasteiger partial charge in [0.05, 0.1) is 31.6 Å². The zero-order valence-electron chi connectivity index (χ0n) is 12.1. The number of pyridine rings is 1. The fourth-order valence-corrected chi connectivity index (χ4v) is 3.00. The van der Waals surface area contributed by atoms with Gasteiger partial charge in [-0.2, -0.15) is 4.31 Å². The van der Waals surface area contributed by atoms with Crippen molar-refractivity contribution in [1.82, 2.24) is 14.6 Å². The predicted octanol–water partition coefficient (Wildman–Crippen LogP) is -0.252. The fourth-order valence-electron chi connectivity index (χ4n) is 2.11. The number of aromatic nitrogens is 1. The maximum Gasteiger partial charge on any atom is 0.253 e. The van der Waals surface area contributed by atoms with Gasteiger partial charge in [-0.3, -0.25) is 9.78 Å². The number of amides is 1. The molecule has 21 heavy (non-hydrogen) atoms. The van der Waals surface area contributed by atoms with Crippen LogP contribution in [0.15, 0.2) is 24.4 Å². The van der Waals surface area contributed by atoms with E-state index in [-0.39, 0.29) is 32.1 Å². The summed E-state index contributed by atoms with van der Waals surface area (Å²) in [5.41, 5.74) is -0.457. The molecule has 0 spiro atoms. The number of ether oxygens (including phenoxy) is 1. The Morgan fingerprint density at radius 2 is 2.29 bits per heavy atom. The van der Waals surface area contributed by atoms with Gasteiger partial charge < -0.3 is 10.1 Å². The SMILES string of the molecule is C[C@@]1(C(=O)NCc2ccccn2)CN(S(C)(=O)=O)CCO1. The summed E-state index contributed by atoms with van der Waals surface area (Å²) in [6, 6.07) is 5.42. The highest BCUT2D eigenvalue weighted by atomic mass is 32.2. The molecular formula is C13H19N3O4S. The van der Waals surface area contributed by atoms with Crippen molar-refractivity contribution < 1.29 is 17.9 Å². The molecule has 1 fully saturated rings. The normalized spacial score (nSPS) is 23.7. The predicted molar refractivity (Wildman–Crippen MR) is 76.9 cm³/mol. The average molecular weight is 313 g/mol. The first-order chi connectivity index (χ1) is 9.81. The van der Waals surface area contributed by atoms with Crippen LogP contribution in [0, 0.1) is 0 Å². The first kappa shape index (κ1) is 15.9. The molecular weight excluding hydrogens is 294 g/mol. The Kier molecular flexibility index (Phi) is 4.60. The van der Waals surface area contributed by atoms with Crippen LogP contribution in [0.4, 0.5) is 0 Å². The maximum atomic E-state index is 12.3. The number of morpholine rings is 1. The first-order valence-corrected chi connectivity index (χ1v) is 8.43. The molecule has 0 unspecified atom stereocenters. The van der Waals surface area contributed by atoms with Crippen LogP contribution in [0.5, 0.6) is 0 Å². The Labute approximate surface area is 124 Å². The number of hydrogen-bond donors (Lipinski definition) is 1. The van der Waals surface area contributed by atoms with Gasteiger partial charge in [0, 0.05) is 12.7 Å². The van der Waals surface area contributed by atoms with Crippen LogP contribution in [0.25, 0.3) is 0 Å². The summed E-state index contributed by atoms with van der Waals surface area (Å²) in [5, 5.41) is 2.73. The van der Waals surface area contributed by atoms with Crippen molar-refractivity contribution in [3.63, 3.8) is 0 Å². The molecule has 0 aliphatic carbocycles. The van der Waals surface area contributed by atoms with E-state index in [0.29, 0.717) is 0 Å². The second-order valence-electron chi connectivity index (χ2n) is 5.18. The molecule has 0 bridgehead atoms. The van der Waals surface area contributed by atoms with Gasteiger partial charge in [-0.05, 0) is 19.1 Å². The Hall–Kier alpha value is -1.51. The standard InChI is InChI=1S/C13H19N3O4S/c1-13(10-16(7-8-20-13)21(2,18)19)12(17)15-9-11-5-3-4-6-14-11/h3-6H,7-10H2,1-2H3,(H,15,17)/t13-/m0/s1. The van der Waals surface area contributed by atoms with Crippen LogP contribution in [0.3, 0.4) is 0 Å². The summed E-state index contributed by atoms with van der Waals surface area (Å²) < 4.78 is 30.0. The quantitative estimate of drug-likeness (QED) is 0.828. The van der Waals surface area contributed by atoms with Crippen molar-refractivity contribution in [3.8, 4) is 0 Å². The Bertz CT molecular complexity index is 605. The van der Waals surface area contributed by atoms with Crippen LogP contribution >= 0.6 is 0 Å². The van der Waals surface area contributed by atoms with Gasteiger partial charge in [0.25, 0.3) is 5.91 Å². The van der Waals surface area contributed by atoms with E-state index in [1.54, 1.807) is 25.3 Å². The lowest BCUT2D eigenvalue weighted by Gasteiger charge is -2.37. The number of carbonyl (C=O) groups excluding carboxylic acids is 1. The molecule has 1 aliphatic rings. The van der Waals surface area contributed by atoms with Crippen LogP contribution in [0.2, 0.25) is 0 Å². The average Bonchev–Trinajstić information content (AvgIpc) is 2.45. The van der Waals surface area contributed by atoms with Gasteiger partial charge in [-0.25, -0.2) is 8.42 Å². The van der Waals surface area contributed by atoms with E-state index in [2.05, 4.69) is 10.3 Å². The third kappa shape index (κ3) is 3.99. The molecule has 1 saturated heterocycles. The largest absolute Gasteiger partial charge is 0.363 e. The van der Waals surface area contributed by atoms with Gasteiger partial charge in [-0.15, -0.1) is 0 Å². The molecule has 0 radical (unpaired) electrons. The summed E-state index contributed by atoms with van der Waals surface area (Å²) in [4.78, 5) is 16.4. The minimum atomic E-state index is -3.34. The van der Waals surface area contributed by atoms with Gasteiger partial charge >= 0.3 is 0 Å². The van der Waals surface area contributed by atoms with Gasteiger partial charge in [0.15, 0.2) is 5.60 Å². The van der Waals surface area contributed by atoms with Crippen molar-refractivity contribution >= 4 is 15.9 Å². The Balaban J connectivity index is 2.00. The van der Waals surface area contributed by atoms with Crippen LogP contribution in [-0.4, -0.2) is 55.2 Å². The van der Waals surface area contributed by atoms with E-state index >= 15 is 0 Å². The lowest BCUT2D eigenvalue weighted by molar-refractivity contribution is -0.152. The molecule has 116 valence electrons. The fraction of sp³-hybridized carbons (Fsp3) is 0.538. The van der Waals surface area contributed by atoms with Crippen LogP contribution in [0.1, 0.15) is 12.6 Å². The summed E-state index contributed by atoms with van der Waals surface area (Å²) >= 11 is 0. The summed E-state index contributed by atoms with van der Waals surface area (Å²) in [6.07, 6.45) is 2.77. The molecule has 0 aromatic carbocycles. The second kappa shape index (κ2) is 6.08. The minimum Gasteiger partial charge on any atom is -0.363 e. The summed E-state index contributed by atoms with van der Waals surface area (Å²) in [7, 11) is -3.34. The van der Waals surface area contributed by atoms with E-state index in [0.717, 1.165) is 11.9 Å². The van der Waals surface area contributed by atoms with Crippen molar-refractivity contribution in [2.45, 2.75) is 19.1 Å². The van der Waals surface area contributed by atoms with Crippen LogP contribution < -0.4 is 5.32 Å². The molecule has 2 rings (SSSR count). The Morgan fingerprint density at radius 3 is 2.90 bits per heavy atom. The smallest absolute Gasteiger partial charge is 0.253 e. The molecule has 8 heteroatoms. The molecule has 0 saturated carbocycles. The zero-order valence-corrected chi connectivity index (χ0v) is 12.9. The number of rotatable bonds is 4. The third-order valence-corrected chi connectivity index (χ3v) is 4.59. The number of nitrogens with one attached hydrogen (secondary N) is 1. The van der Waals surface area contributed by atoms with Gasteiger partial charge in [0.2, 0.25) is 10.0 Å². The highest BCUT2D eigenvalue weighted by Gasteiger charge is 2.41. The van der Waals surface area contributed by atoms with E-state index in [4.69, 9.17) is 4.74 Å². The number of nitrogens with zero attached hydrogens (tertiary/aromatic N) is 2. The lowest BCUT2D eigenvalue weighted by Crippen LogP contribution is -2.59. The molecule has 1 aromatic rings. The van der Waals surface area contributed by atoms with E-state index in [1.165, 1.54) is 4.31 Å². The molecule has 2 heterocycles. The summed E-state index contributed by atoms with van der Waals surface area (Å²) in [5.74, 6) is -0.346. The molecule has 1 amide bonds. The van der Waals surface area contributed by atoms with Gasteiger partial charge in [0.1, 0.15) is 0 Å². The number of hydrogen-bond acceptors (Lipinski definition) is 5. The van der Waals surface area contributed by atoms with Crippen molar-refractivity contribution in [2.24, 2.45) is 0 Å².